The first-order valence-electron chi connectivity index (χ1n) is 6.00. The molecule has 2 rings (SSSR count). The smallest absolute Gasteiger partial charge is 0.255 e. The monoisotopic (exact) mass is 240 g/mol. The molecule has 1 aliphatic rings. The van der Waals surface area contributed by atoms with Crippen molar-refractivity contribution < 1.29 is 8.78 Å². The Morgan fingerprint density at radius 2 is 2.00 bits per heavy atom. The van der Waals surface area contributed by atoms with E-state index in [0.717, 1.165) is 24.9 Å². The molecule has 1 saturated heterocycles. The molecule has 17 heavy (non-hydrogen) atoms. The fourth-order valence-electron chi connectivity index (χ4n) is 2.47. The van der Waals surface area contributed by atoms with Gasteiger partial charge >= 0.3 is 0 Å². The van der Waals surface area contributed by atoms with Crippen molar-refractivity contribution in [2.45, 2.75) is 37.9 Å². The number of hydrogen-bond acceptors (Lipinski definition) is 2. The number of hydrogen-bond donors (Lipinski definition) is 1. The second-order valence-corrected chi connectivity index (χ2v) is 4.58. The maximum absolute atomic E-state index is 12.6. The van der Waals surface area contributed by atoms with Gasteiger partial charge in [-0.3, -0.25) is 4.90 Å². The molecule has 1 heterocycles. The molecular weight excluding hydrogens is 222 g/mol. The molecule has 1 fully saturated rings. The number of halogens is 2. The van der Waals surface area contributed by atoms with Gasteiger partial charge in [0.25, 0.3) is 6.43 Å². The molecular formula is C13H18F2N2. The molecule has 1 aromatic rings. The molecule has 94 valence electrons. The van der Waals surface area contributed by atoms with Crippen molar-refractivity contribution in [1.29, 1.82) is 0 Å². The Hall–Kier alpha value is -1.00. The number of rotatable bonds is 4. The summed E-state index contributed by atoms with van der Waals surface area (Å²) in [5, 5.41) is 0. The molecule has 2 atom stereocenters. The standard InChI is InChI=1S/C13H18F2N2/c14-13(15)12(16)11-7-4-8-17(11)9-10-5-2-1-3-6-10/h1-3,5-6,11-13H,4,7-9,16H2. The Morgan fingerprint density at radius 3 is 2.65 bits per heavy atom. The van der Waals surface area contributed by atoms with Crippen LogP contribution in [0.25, 0.3) is 0 Å². The van der Waals surface area contributed by atoms with Crippen LogP contribution in [0.5, 0.6) is 0 Å². The van der Waals surface area contributed by atoms with Crippen LogP contribution in [0.1, 0.15) is 18.4 Å². The Kier molecular flexibility index (Phi) is 4.07. The first-order valence-corrected chi connectivity index (χ1v) is 6.00. The Labute approximate surface area is 100 Å². The minimum atomic E-state index is -2.43. The maximum Gasteiger partial charge on any atom is 0.255 e. The van der Waals surface area contributed by atoms with E-state index in [9.17, 15) is 8.78 Å². The fraction of sp³-hybridized carbons (Fsp3) is 0.538. The lowest BCUT2D eigenvalue weighted by atomic mass is 10.1. The van der Waals surface area contributed by atoms with Crippen LogP contribution in [0.4, 0.5) is 8.78 Å². The number of likely N-dealkylation sites (tertiary alicyclic amines) is 1. The third-order valence-corrected chi connectivity index (χ3v) is 3.38. The maximum atomic E-state index is 12.6. The van der Waals surface area contributed by atoms with Crippen LogP contribution in [0.2, 0.25) is 0 Å². The van der Waals surface area contributed by atoms with Crippen molar-refractivity contribution in [3.8, 4) is 0 Å². The van der Waals surface area contributed by atoms with Gasteiger partial charge in [0.2, 0.25) is 0 Å². The van der Waals surface area contributed by atoms with Crippen LogP contribution in [0, 0.1) is 0 Å². The molecule has 1 aliphatic heterocycles. The van der Waals surface area contributed by atoms with Crippen molar-refractivity contribution in [2.75, 3.05) is 6.54 Å². The highest BCUT2D eigenvalue weighted by atomic mass is 19.3. The fourth-order valence-corrected chi connectivity index (χ4v) is 2.47. The van der Waals surface area contributed by atoms with Gasteiger partial charge in [-0.2, -0.15) is 0 Å². The van der Waals surface area contributed by atoms with E-state index >= 15 is 0 Å². The predicted molar refractivity (Wildman–Crippen MR) is 63.9 cm³/mol. The van der Waals surface area contributed by atoms with Gasteiger partial charge in [-0.25, -0.2) is 8.78 Å². The van der Waals surface area contributed by atoms with Gasteiger partial charge in [-0.05, 0) is 24.9 Å². The number of nitrogens with zero attached hydrogens (tertiary/aromatic N) is 1. The summed E-state index contributed by atoms with van der Waals surface area (Å²) < 4.78 is 25.3. The van der Waals surface area contributed by atoms with E-state index in [-0.39, 0.29) is 6.04 Å². The van der Waals surface area contributed by atoms with Gasteiger partial charge < -0.3 is 5.73 Å². The molecule has 0 aliphatic carbocycles. The predicted octanol–water partition coefficient (Wildman–Crippen LogP) is 2.24. The van der Waals surface area contributed by atoms with E-state index in [1.807, 2.05) is 30.3 Å². The van der Waals surface area contributed by atoms with Gasteiger partial charge in [0.05, 0.1) is 6.04 Å². The van der Waals surface area contributed by atoms with E-state index in [1.54, 1.807) is 0 Å². The van der Waals surface area contributed by atoms with Gasteiger partial charge in [0.15, 0.2) is 0 Å². The van der Waals surface area contributed by atoms with Crippen LogP contribution < -0.4 is 5.73 Å². The Morgan fingerprint density at radius 1 is 1.29 bits per heavy atom. The average molecular weight is 240 g/mol. The lowest BCUT2D eigenvalue weighted by molar-refractivity contribution is 0.0688. The van der Waals surface area contributed by atoms with E-state index in [1.165, 1.54) is 0 Å². The van der Waals surface area contributed by atoms with Crippen LogP contribution in [0.3, 0.4) is 0 Å². The highest BCUT2D eigenvalue weighted by molar-refractivity contribution is 5.15. The summed E-state index contributed by atoms with van der Waals surface area (Å²) in [7, 11) is 0. The Bertz CT molecular complexity index is 343. The molecule has 4 heteroatoms. The summed E-state index contributed by atoms with van der Waals surface area (Å²) in [4.78, 5) is 2.08. The minimum absolute atomic E-state index is 0.185. The summed E-state index contributed by atoms with van der Waals surface area (Å²) in [6.07, 6.45) is -0.702. The van der Waals surface area contributed by atoms with Crippen molar-refractivity contribution >= 4 is 0 Å². The normalized spacial score (nSPS) is 23.2. The molecule has 2 unspecified atom stereocenters. The molecule has 0 bridgehead atoms. The van der Waals surface area contributed by atoms with Crippen molar-refractivity contribution in [3.63, 3.8) is 0 Å². The van der Waals surface area contributed by atoms with Gasteiger partial charge in [0.1, 0.15) is 0 Å². The molecule has 0 saturated carbocycles. The Balaban J connectivity index is 2.00. The summed E-state index contributed by atoms with van der Waals surface area (Å²) in [6.45, 7) is 1.58. The third kappa shape index (κ3) is 3.01. The zero-order chi connectivity index (χ0) is 12.3. The van der Waals surface area contributed by atoms with E-state index in [0.29, 0.717) is 6.54 Å². The summed E-state index contributed by atoms with van der Waals surface area (Å²) in [5.74, 6) is 0. The zero-order valence-corrected chi connectivity index (χ0v) is 9.73. The van der Waals surface area contributed by atoms with Crippen molar-refractivity contribution in [3.05, 3.63) is 35.9 Å². The molecule has 2 nitrogen and oxygen atoms in total. The number of benzene rings is 1. The molecule has 0 radical (unpaired) electrons. The van der Waals surface area contributed by atoms with Crippen LogP contribution in [-0.2, 0) is 6.54 Å². The lowest BCUT2D eigenvalue weighted by Crippen LogP contribution is -2.47. The molecule has 2 N–H and O–H groups in total. The van der Waals surface area contributed by atoms with Gasteiger partial charge in [-0.15, -0.1) is 0 Å². The average Bonchev–Trinajstić information content (AvgIpc) is 2.77. The highest BCUT2D eigenvalue weighted by Gasteiger charge is 2.34. The first-order chi connectivity index (χ1) is 8.18. The van der Waals surface area contributed by atoms with E-state index in [4.69, 9.17) is 5.73 Å². The van der Waals surface area contributed by atoms with E-state index < -0.39 is 12.5 Å². The van der Waals surface area contributed by atoms with Crippen molar-refractivity contribution in [2.24, 2.45) is 5.73 Å². The van der Waals surface area contributed by atoms with E-state index in [2.05, 4.69) is 4.90 Å². The quantitative estimate of drug-likeness (QED) is 0.874. The van der Waals surface area contributed by atoms with Gasteiger partial charge in [-0.1, -0.05) is 30.3 Å². The largest absolute Gasteiger partial charge is 0.322 e. The highest BCUT2D eigenvalue weighted by Crippen LogP contribution is 2.24. The lowest BCUT2D eigenvalue weighted by Gasteiger charge is -2.28. The van der Waals surface area contributed by atoms with Crippen LogP contribution >= 0.6 is 0 Å². The summed E-state index contributed by atoms with van der Waals surface area (Å²) in [6, 6.07) is 8.71. The zero-order valence-electron chi connectivity index (χ0n) is 9.73. The SMILES string of the molecule is NC(C(F)F)C1CCCN1Cc1ccccc1. The van der Waals surface area contributed by atoms with Gasteiger partial charge in [0, 0.05) is 12.6 Å². The second-order valence-electron chi connectivity index (χ2n) is 4.58. The number of alkyl halides is 2. The van der Waals surface area contributed by atoms with Crippen LogP contribution in [-0.4, -0.2) is 30.0 Å². The molecule has 0 aromatic heterocycles. The van der Waals surface area contributed by atoms with Crippen molar-refractivity contribution in [1.82, 2.24) is 4.90 Å². The molecule has 0 amide bonds. The molecule has 0 spiro atoms. The second kappa shape index (κ2) is 5.56. The minimum Gasteiger partial charge on any atom is -0.322 e. The molecule has 1 aromatic carbocycles. The number of nitrogens with two attached hydrogens (primary N) is 1. The third-order valence-electron chi connectivity index (χ3n) is 3.38. The summed E-state index contributed by atoms with van der Waals surface area (Å²) in [5.41, 5.74) is 6.73. The summed E-state index contributed by atoms with van der Waals surface area (Å²) >= 11 is 0. The first kappa shape index (κ1) is 12.5. The topological polar surface area (TPSA) is 29.3 Å². The van der Waals surface area contributed by atoms with Crippen LogP contribution in [0.15, 0.2) is 30.3 Å².